The van der Waals surface area contributed by atoms with Crippen LogP contribution in [0.3, 0.4) is 0 Å². The van der Waals surface area contributed by atoms with E-state index in [0.717, 1.165) is 0 Å². The summed E-state index contributed by atoms with van der Waals surface area (Å²) < 4.78 is 0. The molecule has 0 saturated carbocycles. The Morgan fingerprint density at radius 2 is 1.81 bits per heavy atom. The SMILES string of the molecule is NC(=O)C(CO)(CC(=O)O)c1ccccc1. The summed E-state index contributed by atoms with van der Waals surface area (Å²) in [5.74, 6) is -2.03. The van der Waals surface area contributed by atoms with E-state index in [-0.39, 0.29) is 0 Å². The molecular weight excluding hydrogens is 210 g/mol. The predicted octanol–water partition coefficient (Wildman–Crippen LogP) is -0.123. The number of benzene rings is 1. The first-order valence-electron chi connectivity index (χ1n) is 4.71. The zero-order chi connectivity index (χ0) is 12.2. The lowest BCUT2D eigenvalue weighted by Gasteiger charge is -2.27. The van der Waals surface area contributed by atoms with Crippen LogP contribution in [0.1, 0.15) is 12.0 Å². The van der Waals surface area contributed by atoms with Gasteiger partial charge in [-0.15, -0.1) is 0 Å². The third-order valence-electron chi connectivity index (χ3n) is 2.52. The molecule has 0 aromatic heterocycles. The van der Waals surface area contributed by atoms with Crippen molar-refractivity contribution in [3.63, 3.8) is 0 Å². The van der Waals surface area contributed by atoms with Crippen LogP contribution in [0.2, 0.25) is 0 Å². The Labute approximate surface area is 92.5 Å². The molecule has 1 aromatic rings. The summed E-state index contributed by atoms with van der Waals surface area (Å²) in [6.07, 6.45) is -0.525. The molecule has 5 heteroatoms. The Balaban J connectivity index is 3.23. The molecule has 0 spiro atoms. The number of nitrogens with two attached hydrogens (primary N) is 1. The number of primary amides is 1. The van der Waals surface area contributed by atoms with Crippen LogP contribution in [0.4, 0.5) is 0 Å². The summed E-state index contributed by atoms with van der Waals surface area (Å²) in [5.41, 5.74) is 4.06. The first kappa shape index (κ1) is 12.2. The largest absolute Gasteiger partial charge is 0.481 e. The molecule has 0 aliphatic heterocycles. The van der Waals surface area contributed by atoms with E-state index in [4.69, 9.17) is 10.8 Å². The second kappa shape index (κ2) is 4.76. The second-order valence-corrected chi connectivity index (χ2v) is 3.54. The normalized spacial score (nSPS) is 14.1. The molecule has 1 atom stereocenters. The van der Waals surface area contributed by atoms with Crippen molar-refractivity contribution in [2.24, 2.45) is 5.73 Å². The van der Waals surface area contributed by atoms with Gasteiger partial charge in [0.1, 0.15) is 5.41 Å². The Morgan fingerprint density at radius 1 is 1.25 bits per heavy atom. The molecule has 1 amide bonds. The number of carbonyl (C=O) groups excluding carboxylic acids is 1. The highest BCUT2D eigenvalue weighted by atomic mass is 16.4. The van der Waals surface area contributed by atoms with Gasteiger partial charge in [0.15, 0.2) is 0 Å². The smallest absolute Gasteiger partial charge is 0.304 e. The average Bonchev–Trinajstić information content (AvgIpc) is 2.26. The van der Waals surface area contributed by atoms with Crippen LogP contribution in [0.15, 0.2) is 30.3 Å². The second-order valence-electron chi connectivity index (χ2n) is 3.54. The molecule has 86 valence electrons. The molecule has 0 saturated heterocycles. The van der Waals surface area contributed by atoms with Crippen molar-refractivity contribution in [3.8, 4) is 0 Å². The van der Waals surface area contributed by atoms with E-state index in [1.807, 2.05) is 0 Å². The van der Waals surface area contributed by atoms with Gasteiger partial charge in [-0.2, -0.15) is 0 Å². The van der Waals surface area contributed by atoms with E-state index < -0.39 is 30.3 Å². The van der Waals surface area contributed by atoms with Gasteiger partial charge < -0.3 is 15.9 Å². The van der Waals surface area contributed by atoms with E-state index in [9.17, 15) is 14.7 Å². The first-order chi connectivity index (χ1) is 7.53. The van der Waals surface area contributed by atoms with Gasteiger partial charge in [0, 0.05) is 0 Å². The number of aliphatic hydroxyl groups excluding tert-OH is 1. The number of carbonyl (C=O) groups is 2. The molecule has 0 heterocycles. The first-order valence-corrected chi connectivity index (χ1v) is 4.71. The minimum atomic E-state index is -1.55. The van der Waals surface area contributed by atoms with Crippen LogP contribution in [0.5, 0.6) is 0 Å². The Morgan fingerprint density at radius 3 is 2.19 bits per heavy atom. The van der Waals surface area contributed by atoms with Gasteiger partial charge >= 0.3 is 5.97 Å². The molecule has 16 heavy (non-hydrogen) atoms. The van der Waals surface area contributed by atoms with Gasteiger partial charge in [-0.05, 0) is 5.56 Å². The maximum atomic E-state index is 11.4. The molecule has 1 aromatic carbocycles. The summed E-state index contributed by atoms with van der Waals surface area (Å²) in [5, 5.41) is 18.1. The third kappa shape index (κ3) is 2.20. The van der Waals surface area contributed by atoms with E-state index in [1.54, 1.807) is 30.3 Å². The van der Waals surface area contributed by atoms with Crippen LogP contribution < -0.4 is 5.73 Å². The molecular formula is C11H13NO4. The third-order valence-corrected chi connectivity index (χ3v) is 2.52. The maximum Gasteiger partial charge on any atom is 0.304 e. The van der Waals surface area contributed by atoms with Gasteiger partial charge in [-0.25, -0.2) is 0 Å². The molecule has 0 radical (unpaired) electrons. The van der Waals surface area contributed by atoms with Crippen molar-refractivity contribution in [1.29, 1.82) is 0 Å². The van der Waals surface area contributed by atoms with Gasteiger partial charge in [-0.3, -0.25) is 9.59 Å². The van der Waals surface area contributed by atoms with E-state index in [1.165, 1.54) is 0 Å². The van der Waals surface area contributed by atoms with Crippen LogP contribution >= 0.6 is 0 Å². The Hall–Kier alpha value is -1.88. The van der Waals surface area contributed by atoms with Crippen LogP contribution in [0.25, 0.3) is 0 Å². The number of amides is 1. The van der Waals surface area contributed by atoms with Crippen LogP contribution in [0, 0.1) is 0 Å². The fourth-order valence-corrected chi connectivity index (χ4v) is 1.57. The fraction of sp³-hybridized carbons (Fsp3) is 0.273. The number of hydrogen-bond donors (Lipinski definition) is 3. The lowest BCUT2D eigenvalue weighted by molar-refractivity contribution is -0.142. The predicted molar refractivity (Wildman–Crippen MR) is 56.7 cm³/mol. The summed E-state index contributed by atoms with van der Waals surface area (Å²) in [7, 11) is 0. The van der Waals surface area contributed by atoms with Gasteiger partial charge in [0.2, 0.25) is 5.91 Å². The lowest BCUT2D eigenvalue weighted by atomic mass is 9.77. The van der Waals surface area contributed by atoms with Crippen molar-refractivity contribution in [2.75, 3.05) is 6.61 Å². The van der Waals surface area contributed by atoms with Gasteiger partial charge in [-0.1, -0.05) is 30.3 Å². The molecule has 0 aliphatic carbocycles. The van der Waals surface area contributed by atoms with Crippen molar-refractivity contribution in [3.05, 3.63) is 35.9 Å². The molecule has 0 fully saturated rings. The number of hydrogen-bond acceptors (Lipinski definition) is 3. The fourth-order valence-electron chi connectivity index (χ4n) is 1.57. The van der Waals surface area contributed by atoms with Crippen molar-refractivity contribution >= 4 is 11.9 Å². The van der Waals surface area contributed by atoms with Crippen molar-refractivity contribution < 1.29 is 19.8 Å². The summed E-state index contributed by atoms with van der Waals surface area (Å²) in [6, 6.07) is 8.19. The highest BCUT2D eigenvalue weighted by Crippen LogP contribution is 2.27. The number of carboxylic acids is 1. The number of rotatable bonds is 5. The molecule has 4 N–H and O–H groups in total. The standard InChI is InChI=1S/C11H13NO4/c12-10(16)11(7-13,6-9(14)15)8-4-2-1-3-5-8/h1-5,13H,6-7H2,(H2,12,16)(H,14,15). The summed E-state index contributed by atoms with van der Waals surface area (Å²) >= 11 is 0. The zero-order valence-electron chi connectivity index (χ0n) is 8.59. The van der Waals surface area contributed by atoms with Crippen molar-refractivity contribution in [2.45, 2.75) is 11.8 Å². The Kier molecular flexibility index (Phi) is 3.63. The minimum Gasteiger partial charge on any atom is -0.481 e. The number of aliphatic carboxylic acids is 1. The van der Waals surface area contributed by atoms with Crippen LogP contribution in [-0.4, -0.2) is 28.7 Å². The highest BCUT2D eigenvalue weighted by Gasteiger charge is 2.40. The quantitative estimate of drug-likeness (QED) is 0.647. The molecule has 5 nitrogen and oxygen atoms in total. The summed E-state index contributed by atoms with van der Waals surface area (Å²) in [6.45, 7) is -0.626. The topological polar surface area (TPSA) is 101 Å². The lowest BCUT2D eigenvalue weighted by Crippen LogP contribution is -2.46. The average molecular weight is 223 g/mol. The summed E-state index contributed by atoms with van der Waals surface area (Å²) in [4.78, 5) is 22.1. The molecule has 0 aliphatic rings. The number of carboxylic acid groups (broad SMARTS) is 1. The minimum absolute atomic E-state index is 0.410. The molecule has 1 unspecified atom stereocenters. The van der Waals surface area contributed by atoms with E-state index in [0.29, 0.717) is 5.56 Å². The van der Waals surface area contributed by atoms with Gasteiger partial charge in [0.25, 0.3) is 0 Å². The Bertz CT molecular complexity index is 390. The monoisotopic (exact) mass is 223 g/mol. The van der Waals surface area contributed by atoms with E-state index >= 15 is 0 Å². The molecule has 0 bridgehead atoms. The zero-order valence-corrected chi connectivity index (χ0v) is 8.59. The molecule has 1 rings (SSSR count). The van der Waals surface area contributed by atoms with E-state index in [2.05, 4.69) is 0 Å². The van der Waals surface area contributed by atoms with Gasteiger partial charge in [0.05, 0.1) is 13.0 Å². The maximum absolute atomic E-state index is 11.4. The number of aliphatic hydroxyl groups is 1. The highest BCUT2D eigenvalue weighted by molar-refractivity contribution is 5.91. The van der Waals surface area contributed by atoms with Crippen molar-refractivity contribution in [1.82, 2.24) is 0 Å². The van der Waals surface area contributed by atoms with Crippen LogP contribution in [-0.2, 0) is 15.0 Å².